The first-order valence-corrected chi connectivity index (χ1v) is 4.53. The SMILES string of the molecule is O=CC1CN(C2CNC2)CCN1. The molecule has 12 heavy (non-hydrogen) atoms. The van der Waals surface area contributed by atoms with Gasteiger partial charge in [0, 0.05) is 38.8 Å². The second kappa shape index (κ2) is 3.51. The third-order valence-electron chi connectivity index (χ3n) is 2.68. The van der Waals surface area contributed by atoms with E-state index < -0.39 is 0 Å². The van der Waals surface area contributed by atoms with Crippen LogP contribution in [0.1, 0.15) is 0 Å². The summed E-state index contributed by atoms with van der Waals surface area (Å²) in [6.07, 6.45) is 1.01. The molecule has 2 rings (SSSR count). The summed E-state index contributed by atoms with van der Waals surface area (Å²) >= 11 is 0. The minimum Gasteiger partial charge on any atom is -0.314 e. The Morgan fingerprint density at radius 1 is 1.42 bits per heavy atom. The Hall–Kier alpha value is -0.450. The van der Waals surface area contributed by atoms with E-state index in [2.05, 4.69) is 15.5 Å². The van der Waals surface area contributed by atoms with Crippen molar-refractivity contribution in [3.8, 4) is 0 Å². The lowest BCUT2D eigenvalue weighted by Gasteiger charge is -2.42. The van der Waals surface area contributed by atoms with Gasteiger partial charge in [0.15, 0.2) is 0 Å². The van der Waals surface area contributed by atoms with Crippen LogP contribution in [0.4, 0.5) is 0 Å². The van der Waals surface area contributed by atoms with Crippen LogP contribution in [0.25, 0.3) is 0 Å². The predicted octanol–water partition coefficient (Wildman–Crippen LogP) is -1.57. The first kappa shape index (κ1) is 8.16. The van der Waals surface area contributed by atoms with Gasteiger partial charge in [-0.3, -0.25) is 4.90 Å². The average molecular weight is 169 g/mol. The van der Waals surface area contributed by atoms with Gasteiger partial charge < -0.3 is 15.4 Å². The van der Waals surface area contributed by atoms with E-state index in [1.807, 2.05) is 0 Å². The molecule has 0 bridgehead atoms. The number of rotatable bonds is 2. The maximum atomic E-state index is 10.5. The maximum Gasteiger partial charge on any atom is 0.138 e. The number of carbonyl (C=O) groups is 1. The lowest BCUT2D eigenvalue weighted by Crippen LogP contribution is -2.63. The van der Waals surface area contributed by atoms with Gasteiger partial charge in [-0.2, -0.15) is 0 Å². The first-order chi connectivity index (χ1) is 5.90. The van der Waals surface area contributed by atoms with Crippen LogP contribution in [-0.4, -0.2) is 56.0 Å². The fourth-order valence-corrected chi connectivity index (χ4v) is 1.76. The van der Waals surface area contributed by atoms with Crippen molar-refractivity contribution in [3.05, 3.63) is 0 Å². The number of hydrogen-bond donors (Lipinski definition) is 2. The monoisotopic (exact) mass is 169 g/mol. The molecule has 2 aliphatic rings. The van der Waals surface area contributed by atoms with E-state index in [9.17, 15) is 4.79 Å². The Balaban J connectivity index is 1.84. The quantitative estimate of drug-likeness (QED) is 0.490. The van der Waals surface area contributed by atoms with Gasteiger partial charge in [-0.25, -0.2) is 0 Å². The van der Waals surface area contributed by atoms with E-state index in [1.165, 1.54) is 0 Å². The topological polar surface area (TPSA) is 44.4 Å². The molecule has 2 fully saturated rings. The minimum absolute atomic E-state index is 0.0550. The standard InChI is InChI=1S/C8H15N3O/c12-6-7-5-11(2-1-10-7)8-3-9-4-8/h6-10H,1-5H2. The van der Waals surface area contributed by atoms with Gasteiger partial charge in [0.2, 0.25) is 0 Å². The summed E-state index contributed by atoms with van der Waals surface area (Å²) in [5, 5.41) is 6.41. The Labute approximate surface area is 72.3 Å². The summed E-state index contributed by atoms with van der Waals surface area (Å²) in [5.41, 5.74) is 0. The maximum absolute atomic E-state index is 10.5. The summed E-state index contributed by atoms with van der Waals surface area (Å²) in [5.74, 6) is 0. The van der Waals surface area contributed by atoms with Crippen LogP contribution in [-0.2, 0) is 4.79 Å². The Morgan fingerprint density at radius 2 is 2.25 bits per heavy atom. The van der Waals surface area contributed by atoms with E-state index in [0.717, 1.165) is 39.0 Å². The van der Waals surface area contributed by atoms with Crippen molar-refractivity contribution in [2.45, 2.75) is 12.1 Å². The number of carbonyl (C=O) groups excluding carboxylic acids is 1. The number of hydrogen-bond acceptors (Lipinski definition) is 4. The zero-order valence-corrected chi connectivity index (χ0v) is 7.12. The molecule has 0 aliphatic carbocycles. The van der Waals surface area contributed by atoms with Crippen molar-refractivity contribution < 1.29 is 4.79 Å². The molecular weight excluding hydrogens is 154 g/mol. The van der Waals surface area contributed by atoms with Gasteiger partial charge in [0.1, 0.15) is 6.29 Å². The van der Waals surface area contributed by atoms with Gasteiger partial charge in [0.05, 0.1) is 6.04 Å². The number of nitrogens with one attached hydrogen (secondary N) is 2. The molecule has 0 amide bonds. The van der Waals surface area contributed by atoms with Crippen molar-refractivity contribution in [3.63, 3.8) is 0 Å². The third-order valence-corrected chi connectivity index (χ3v) is 2.68. The molecule has 2 saturated heterocycles. The van der Waals surface area contributed by atoms with Gasteiger partial charge in [-0.1, -0.05) is 0 Å². The van der Waals surface area contributed by atoms with Crippen LogP contribution in [0.2, 0.25) is 0 Å². The lowest BCUT2D eigenvalue weighted by atomic mass is 10.1. The van der Waals surface area contributed by atoms with Crippen LogP contribution in [0.3, 0.4) is 0 Å². The van der Waals surface area contributed by atoms with Crippen molar-refractivity contribution in [1.29, 1.82) is 0 Å². The highest BCUT2D eigenvalue weighted by Crippen LogP contribution is 2.07. The molecule has 4 heteroatoms. The van der Waals surface area contributed by atoms with Crippen molar-refractivity contribution >= 4 is 6.29 Å². The zero-order chi connectivity index (χ0) is 8.39. The fourth-order valence-electron chi connectivity index (χ4n) is 1.76. The van der Waals surface area contributed by atoms with E-state index in [-0.39, 0.29) is 6.04 Å². The summed E-state index contributed by atoms with van der Waals surface area (Å²) in [6.45, 7) is 5.09. The Morgan fingerprint density at radius 3 is 2.83 bits per heavy atom. The molecule has 4 nitrogen and oxygen atoms in total. The molecule has 0 saturated carbocycles. The first-order valence-electron chi connectivity index (χ1n) is 4.53. The van der Waals surface area contributed by atoms with E-state index in [1.54, 1.807) is 0 Å². The highest BCUT2D eigenvalue weighted by molar-refractivity contribution is 5.58. The minimum atomic E-state index is 0.0550. The summed E-state index contributed by atoms with van der Waals surface area (Å²) in [4.78, 5) is 12.9. The van der Waals surface area contributed by atoms with Gasteiger partial charge in [-0.15, -0.1) is 0 Å². The van der Waals surface area contributed by atoms with Crippen LogP contribution in [0, 0.1) is 0 Å². The zero-order valence-electron chi connectivity index (χ0n) is 7.12. The van der Waals surface area contributed by atoms with Crippen LogP contribution < -0.4 is 10.6 Å². The van der Waals surface area contributed by atoms with Crippen molar-refractivity contribution in [2.24, 2.45) is 0 Å². The van der Waals surface area contributed by atoms with Crippen LogP contribution in [0.5, 0.6) is 0 Å². The number of nitrogens with zero attached hydrogens (tertiary/aromatic N) is 1. The second-order valence-corrected chi connectivity index (χ2v) is 3.50. The molecule has 1 atom stereocenters. The third kappa shape index (κ3) is 1.50. The van der Waals surface area contributed by atoms with Crippen LogP contribution >= 0.6 is 0 Å². The average Bonchev–Trinajstić information content (AvgIpc) is 2.02. The molecule has 0 spiro atoms. The summed E-state index contributed by atoms with van der Waals surface area (Å²) < 4.78 is 0. The fraction of sp³-hybridized carbons (Fsp3) is 0.875. The summed E-state index contributed by atoms with van der Waals surface area (Å²) in [7, 11) is 0. The van der Waals surface area contributed by atoms with Crippen molar-refractivity contribution in [1.82, 2.24) is 15.5 Å². The molecule has 0 radical (unpaired) electrons. The van der Waals surface area contributed by atoms with E-state index in [0.29, 0.717) is 6.04 Å². The molecule has 2 N–H and O–H groups in total. The van der Waals surface area contributed by atoms with Gasteiger partial charge >= 0.3 is 0 Å². The van der Waals surface area contributed by atoms with E-state index in [4.69, 9.17) is 0 Å². The predicted molar refractivity (Wildman–Crippen MR) is 46.1 cm³/mol. The molecule has 2 aliphatic heterocycles. The largest absolute Gasteiger partial charge is 0.314 e. The highest BCUT2D eigenvalue weighted by Gasteiger charge is 2.28. The number of aldehydes is 1. The normalized spacial score (nSPS) is 32.8. The van der Waals surface area contributed by atoms with Gasteiger partial charge in [0.25, 0.3) is 0 Å². The second-order valence-electron chi connectivity index (χ2n) is 3.50. The lowest BCUT2D eigenvalue weighted by molar-refractivity contribution is -0.110. The molecule has 1 unspecified atom stereocenters. The molecule has 0 aromatic carbocycles. The van der Waals surface area contributed by atoms with Crippen molar-refractivity contribution in [2.75, 3.05) is 32.7 Å². The van der Waals surface area contributed by atoms with Gasteiger partial charge in [-0.05, 0) is 0 Å². The molecule has 0 aromatic heterocycles. The molecule has 0 aromatic rings. The molecular formula is C8H15N3O. The Bertz CT molecular complexity index is 170. The summed E-state index contributed by atoms with van der Waals surface area (Å²) in [6, 6.07) is 0.730. The van der Waals surface area contributed by atoms with Crippen LogP contribution in [0.15, 0.2) is 0 Å². The number of piperazine rings is 1. The highest BCUT2D eigenvalue weighted by atomic mass is 16.1. The molecule has 2 heterocycles. The molecule has 68 valence electrons. The van der Waals surface area contributed by atoms with E-state index >= 15 is 0 Å². The smallest absolute Gasteiger partial charge is 0.138 e. The Kier molecular flexibility index (Phi) is 2.39.